The second-order valence-corrected chi connectivity index (χ2v) is 12.5. The Labute approximate surface area is 247 Å². The van der Waals surface area contributed by atoms with E-state index in [4.69, 9.17) is 23.2 Å². The maximum absolute atomic E-state index is 14.1. The molecular formula is C30H35Cl2N3O4S. The van der Waals surface area contributed by atoms with Gasteiger partial charge in [-0.25, -0.2) is 8.42 Å². The molecule has 3 aromatic carbocycles. The van der Waals surface area contributed by atoms with Gasteiger partial charge in [-0.3, -0.25) is 13.9 Å². The van der Waals surface area contributed by atoms with Crippen LogP contribution in [-0.2, 0) is 32.6 Å². The number of anilines is 1. The lowest BCUT2D eigenvalue weighted by molar-refractivity contribution is -0.140. The number of rotatable bonds is 13. The summed E-state index contributed by atoms with van der Waals surface area (Å²) in [6.45, 7) is 3.84. The minimum absolute atomic E-state index is 0.0892. The van der Waals surface area contributed by atoms with E-state index in [1.165, 1.54) is 4.90 Å². The lowest BCUT2D eigenvalue weighted by Crippen LogP contribution is -2.53. The van der Waals surface area contributed by atoms with E-state index in [0.717, 1.165) is 34.5 Å². The Morgan fingerprint density at radius 3 is 2.17 bits per heavy atom. The Hall–Kier alpha value is -3.07. The van der Waals surface area contributed by atoms with Crippen LogP contribution in [0.25, 0.3) is 0 Å². The highest BCUT2D eigenvalue weighted by Crippen LogP contribution is 2.26. The number of benzene rings is 3. The minimum atomic E-state index is -3.86. The third-order valence-electron chi connectivity index (χ3n) is 6.47. The van der Waals surface area contributed by atoms with Crippen LogP contribution in [0.5, 0.6) is 0 Å². The number of carbonyl (C=O) groups is 2. The molecule has 0 aliphatic heterocycles. The molecule has 2 amide bonds. The predicted octanol–water partition coefficient (Wildman–Crippen LogP) is 5.62. The van der Waals surface area contributed by atoms with Crippen molar-refractivity contribution in [2.75, 3.05) is 23.7 Å². The van der Waals surface area contributed by atoms with Crippen molar-refractivity contribution in [1.82, 2.24) is 10.2 Å². The van der Waals surface area contributed by atoms with Crippen molar-refractivity contribution in [2.45, 2.75) is 45.7 Å². The van der Waals surface area contributed by atoms with Crippen molar-refractivity contribution in [2.24, 2.45) is 0 Å². The number of sulfonamides is 1. The number of amides is 2. The Balaban J connectivity index is 2.04. The normalized spacial score (nSPS) is 12.0. The third-order valence-corrected chi connectivity index (χ3v) is 8.09. The van der Waals surface area contributed by atoms with E-state index in [1.54, 1.807) is 49.4 Å². The highest BCUT2D eigenvalue weighted by molar-refractivity contribution is 7.92. The summed E-state index contributed by atoms with van der Waals surface area (Å²) in [4.78, 5) is 29.1. The molecule has 0 fully saturated rings. The topological polar surface area (TPSA) is 86.8 Å². The van der Waals surface area contributed by atoms with Gasteiger partial charge in [0.1, 0.15) is 12.6 Å². The maximum Gasteiger partial charge on any atom is 0.244 e. The average Bonchev–Trinajstić information content (AvgIpc) is 2.90. The number of hydrogen-bond acceptors (Lipinski definition) is 4. The van der Waals surface area contributed by atoms with Gasteiger partial charge >= 0.3 is 0 Å². The second kappa shape index (κ2) is 14.5. The summed E-state index contributed by atoms with van der Waals surface area (Å²) in [5, 5.41) is 3.96. The summed E-state index contributed by atoms with van der Waals surface area (Å²) >= 11 is 12.2. The van der Waals surface area contributed by atoms with Crippen molar-refractivity contribution in [1.29, 1.82) is 0 Å². The number of hydrogen-bond donors (Lipinski definition) is 1. The van der Waals surface area contributed by atoms with Crippen LogP contribution >= 0.6 is 23.2 Å². The molecule has 0 saturated carbocycles. The van der Waals surface area contributed by atoms with Crippen molar-refractivity contribution >= 4 is 50.7 Å². The SMILES string of the molecule is CCCCNC(=O)C(Cc1ccccc1)N(Cc1ccc(Cl)cc1)C(=O)CN(c1ccc(Cl)cc1C)S(C)(=O)=O. The van der Waals surface area contributed by atoms with E-state index in [9.17, 15) is 18.0 Å². The van der Waals surface area contributed by atoms with Gasteiger partial charge in [-0.1, -0.05) is 79.0 Å². The molecule has 0 aromatic heterocycles. The molecule has 0 saturated heterocycles. The van der Waals surface area contributed by atoms with E-state index in [0.29, 0.717) is 27.8 Å². The molecule has 1 atom stereocenters. The molecule has 3 aromatic rings. The standard InChI is InChI=1S/C30H35Cl2N3O4S/c1-4-5-17-33-30(37)28(19-23-9-7-6-8-10-23)34(20-24-11-13-25(31)14-12-24)29(36)21-35(40(3,38)39)27-16-15-26(32)18-22(27)2/h6-16,18,28H,4-5,17,19-21H2,1-3H3,(H,33,37). The van der Waals surface area contributed by atoms with E-state index >= 15 is 0 Å². The summed E-state index contributed by atoms with van der Waals surface area (Å²) in [5.74, 6) is -0.811. The van der Waals surface area contributed by atoms with Crippen molar-refractivity contribution in [3.63, 3.8) is 0 Å². The van der Waals surface area contributed by atoms with Crippen LogP contribution < -0.4 is 9.62 Å². The molecule has 0 aliphatic rings. The Kier molecular flexibility index (Phi) is 11.4. The smallest absolute Gasteiger partial charge is 0.244 e. The van der Waals surface area contributed by atoms with Crippen LogP contribution in [0.2, 0.25) is 10.0 Å². The number of nitrogens with zero attached hydrogens (tertiary/aromatic N) is 2. The first kappa shape index (κ1) is 31.5. The number of nitrogens with one attached hydrogen (secondary N) is 1. The molecular weight excluding hydrogens is 569 g/mol. The van der Waals surface area contributed by atoms with E-state index in [-0.39, 0.29) is 18.9 Å². The van der Waals surface area contributed by atoms with Gasteiger partial charge in [0.15, 0.2) is 0 Å². The van der Waals surface area contributed by atoms with Crippen molar-refractivity contribution in [3.8, 4) is 0 Å². The first-order valence-electron chi connectivity index (χ1n) is 13.1. The van der Waals surface area contributed by atoms with Crippen molar-refractivity contribution in [3.05, 3.63) is 99.5 Å². The monoisotopic (exact) mass is 603 g/mol. The molecule has 214 valence electrons. The quantitative estimate of drug-likeness (QED) is 0.257. The van der Waals surface area contributed by atoms with Crippen molar-refractivity contribution < 1.29 is 18.0 Å². The zero-order chi connectivity index (χ0) is 29.3. The Bertz CT molecular complexity index is 1400. The maximum atomic E-state index is 14.1. The van der Waals surface area contributed by atoms with Crippen LogP contribution in [0.15, 0.2) is 72.8 Å². The summed E-state index contributed by atoms with van der Waals surface area (Å²) in [6.07, 6.45) is 3.02. The molecule has 0 bridgehead atoms. The fourth-order valence-corrected chi connectivity index (χ4v) is 5.60. The Morgan fingerprint density at radius 1 is 0.925 bits per heavy atom. The van der Waals surface area contributed by atoms with Gasteiger partial charge < -0.3 is 10.2 Å². The average molecular weight is 605 g/mol. The van der Waals surface area contributed by atoms with Gasteiger partial charge in [0.25, 0.3) is 0 Å². The summed E-state index contributed by atoms with van der Waals surface area (Å²) in [6, 6.07) is 20.4. The third kappa shape index (κ3) is 8.98. The van der Waals surface area contributed by atoms with Gasteiger partial charge in [-0.2, -0.15) is 0 Å². The molecule has 3 rings (SSSR count). The lowest BCUT2D eigenvalue weighted by atomic mass is 10.0. The zero-order valence-corrected chi connectivity index (χ0v) is 25.3. The molecule has 7 nitrogen and oxygen atoms in total. The predicted molar refractivity (Wildman–Crippen MR) is 162 cm³/mol. The van der Waals surface area contributed by atoms with Gasteiger partial charge in [-0.05, 0) is 60.4 Å². The van der Waals surface area contributed by atoms with Crippen LogP contribution in [0, 0.1) is 6.92 Å². The molecule has 40 heavy (non-hydrogen) atoms. The van der Waals surface area contributed by atoms with E-state index in [2.05, 4.69) is 5.32 Å². The molecule has 0 radical (unpaired) electrons. The molecule has 1 N–H and O–H groups in total. The zero-order valence-electron chi connectivity index (χ0n) is 22.9. The molecule has 1 unspecified atom stereocenters. The number of carbonyl (C=O) groups excluding carboxylic acids is 2. The summed E-state index contributed by atoms with van der Waals surface area (Å²) in [5.41, 5.74) is 2.58. The van der Waals surface area contributed by atoms with Crippen LogP contribution in [0.3, 0.4) is 0 Å². The molecule has 0 aliphatic carbocycles. The van der Waals surface area contributed by atoms with Crippen LogP contribution in [-0.4, -0.2) is 50.5 Å². The largest absolute Gasteiger partial charge is 0.354 e. The molecule has 0 heterocycles. The molecule has 10 heteroatoms. The van der Waals surface area contributed by atoms with Crippen LogP contribution in [0.4, 0.5) is 5.69 Å². The van der Waals surface area contributed by atoms with Gasteiger partial charge in [0, 0.05) is 29.6 Å². The fraction of sp³-hybridized carbons (Fsp3) is 0.333. The Morgan fingerprint density at radius 2 is 1.57 bits per heavy atom. The fourth-order valence-electron chi connectivity index (χ4n) is 4.34. The highest BCUT2D eigenvalue weighted by atomic mass is 35.5. The van der Waals surface area contributed by atoms with Gasteiger partial charge in [-0.15, -0.1) is 0 Å². The minimum Gasteiger partial charge on any atom is -0.354 e. The first-order valence-corrected chi connectivity index (χ1v) is 15.7. The van der Waals surface area contributed by atoms with Gasteiger partial charge in [0.05, 0.1) is 11.9 Å². The second-order valence-electron chi connectivity index (χ2n) is 9.70. The number of halogens is 2. The highest BCUT2D eigenvalue weighted by Gasteiger charge is 2.33. The van der Waals surface area contributed by atoms with E-state index < -0.39 is 28.5 Å². The summed E-state index contributed by atoms with van der Waals surface area (Å²) in [7, 11) is -3.86. The lowest BCUT2D eigenvalue weighted by Gasteiger charge is -2.34. The molecule has 0 spiro atoms. The summed E-state index contributed by atoms with van der Waals surface area (Å²) < 4.78 is 26.9. The van der Waals surface area contributed by atoms with E-state index in [1.807, 2.05) is 37.3 Å². The first-order chi connectivity index (χ1) is 19.0. The number of aryl methyl sites for hydroxylation is 1. The van der Waals surface area contributed by atoms with Crippen LogP contribution in [0.1, 0.15) is 36.5 Å². The van der Waals surface area contributed by atoms with Gasteiger partial charge in [0.2, 0.25) is 21.8 Å². The number of unbranched alkanes of at least 4 members (excludes halogenated alkanes) is 1.